The van der Waals surface area contributed by atoms with Gasteiger partial charge in [-0.2, -0.15) is 0 Å². The predicted molar refractivity (Wildman–Crippen MR) is 164 cm³/mol. The van der Waals surface area contributed by atoms with Crippen LogP contribution in [0.25, 0.3) is 5.57 Å². The van der Waals surface area contributed by atoms with Crippen molar-refractivity contribution in [2.75, 3.05) is 38.7 Å². The van der Waals surface area contributed by atoms with E-state index in [0.29, 0.717) is 6.61 Å². The van der Waals surface area contributed by atoms with Crippen LogP contribution in [-0.4, -0.2) is 33.8 Å². The lowest BCUT2D eigenvalue weighted by molar-refractivity contribution is 0.347. The molecule has 0 aromatic heterocycles. The molecule has 0 amide bonds. The second kappa shape index (κ2) is 8.91. The Morgan fingerprint density at radius 2 is 1.67 bits per heavy atom. The fourth-order valence-corrected chi connectivity index (χ4v) is 9.37. The number of hydrogen-bond donors (Lipinski definition) is 0. The number of anilines is 1. The monoisotopic (exact) mass is 541 g/mol. The van der Waals surface area contributed by atoms with Crippen LogP contribution in [0.4, 0.5) is 5.69 Å². The summed E-state index contributed by atoms with van der Waals surface area (Å²) in [4.78, 5) is 2.32. The van der Waals surface area contributed by atoms with Gasteiger partial charge >= 0.3 is 0 Å². The Morgan fingerprint density at radius 1 is 0.949 bits per heavy atom. The van der Waals surface area contributed by atoms with Gasteiger partial charge in [0.15, 0.2) is 0 Å². The topological polar surface area (TPSA) is 32.6 Å². The minimum atomic E-state index is -3.37. The van der Waals surface area contributed by atoms with Gasteiger partial charge in [-0.3, -0.25) is 4.57 Å². The summed E-state index contributed by atoms with van der Waals surface area (Å²) >= 11 is 0. The highest BCUT2D eigenvalue weighted by molar-refractivity contribution is 7.74. The van der Waals surface area contributed by atoms with E-state index in [1.165, 1.54) is 38.9 Å². The Balaban J connectivity index is 1.86. The Labute approximate surface area is 233 Å². The van der Waals surface area contributed by atoms with Crippen LogP contribution in [0.3, 0.4) is 0 Å². The lowest BCUT2D eigenvalue weighted by Gasteiger charge is -2.40. The number of nitrogens with zero attached hydrogens (tertiary/aromatic N) is 2. The first-order valence-corrected chi connectivity index (χ1v) is 16.0. The van der Waals surface area contributed by atoms with Gasteiger partial charge in [0.25, 0.3) is 7.37 Å². The van der Waals surface area contributed by atoms with Crippen LogP contribution in [0.5, 0.6) is 0 Å². The molecule has 0 saturated carbocycles. The zero-order valence-electron chi connectivity index (χ0n) is 24.8. The Kier molecular flexibility index (Phi) is 6.06. The van der Waals surface area contributed by atoms with Gasteiger partial charge in [0.2, 0.25) is 5.36 Å². The normalized spacial score (nSPS) is 22.6. The third-order valence-corrected chi connectivity index (χ3v) is 12.2. The largest absolute Gasteiger partial charge is 0.374 e. The van der Waals surface area contributed by atoms with Crippen LogP contribution in [0.2, 0.25) is 0 Å². The number of benzene rings is 3. The van der Waals surface area contributed by atoms with E-state index in [1.54, 1.807) is 0 Å². The highest BCUT2D eigenvalue weighted by atomic mass is 31.2. The molecule has 1 unspecified atom stereocenters. The maximum absolute atomic E-state index is 15.4. The Bertz CT molecular complexity index is 1700. The molecule has 0 aliphatic carbocycles. The van der Waals surface area contributed by atoms with Crippen LogP contribution >= 0.6 is 7.37 Å². The minimum absolute atomic E-state index is 0.0319. The first kappa shape index (κ1) is 26.5. The maximum Gasteiger partial charge on any atom is 0.262 e. The second-order valence-electron chi connectivity index (χ2n) is 13.0. The lowest BCUT2D eigenvalue weighted by atomic mass is 9.76. The van der Waals surface area contributed by atoms with E-state index >= 15 is 4.57 Å². The van der Waals surface area contributed by atoms with E-state index in [2.05, 4.69) is 107 Å². The number of hydrogen-bond acceptors (Lipinski definition) is 3. The van der Waals surface area contributed by atoms with Crippen LogP contribution in [-0.2, 0) is 19.9 Å². The highest BCUT2D eigenvalue weighted by Gasteiger charge is 2.43. The quantitative estimate of drug-likeness (QED) is 0.355. The third-order valence-electron chi connectivity index (χ3n) is 9.55. The zero-order valence-corrected chi connectivity index (χ0v) is 25.7. The van der Waals surface area contributed by atoms with E-state index in [0.717, 1.165) is 47.3 Å². The van der Waals surface area contributed by atoms with Crippen LogP contribution < -0.4 is 30.7 Å². The first-order chi connectivity index (χ1) is 18.4. The SMILES string of the molecule is CCOP1(=O)c2cc3c(cc2C(c2ccccc2C)=c2cc4c(cc21)=[N+](C)CCC4(C)C)C(C)(C)CCN3C. The molecule has 1 atom stereocenters. The van der Waals surface area contributed by atoms with Crippen molar-refractivity contribution in [1.82, 2.24) is 4.58 Å². The van der Waals surface area contributed by atoms with E-state index in [1.807, 2.05) is 6.92 Å². The summed E-state index contributed by atoms with van der Waals surface area (Å²) in [7, 11) is 0.940. The molecule has 0 N–H and O–H groups in total. The van der Waals surface area contributed by atoms with Gasteiger partial charge in [0.1, 0.15) is 13.6 Å². The number of fused-ring (bicyclic) bond motifs is 4. The van der Waals surface area contributed by atoms with E-state index in [-0.39, 0.29) is 10.8 Å². The molecular formula is C34H42N2O2P+. The summed E-state index contributed by atoms with van der Waals surface area (Å²) in [6, 6.07) is 17.8. The summed E-state index contributed by atoms with van der Waals surface area (Å²) in [6.45, 7) is 15.9. The number of rotatable bonds is 3. The molecule has 3 aliphatic heterocycles. The fraction of sp³-hybridized carbons (Fsp3) is 0.441. The summed E-state index contributed by atoms with van der Waals surface area (Å²) < 4.78 is 24.1. The van der Waals surface area contributed by atoms with Crippen LogP contribution in [0.1, 0.15) is 75.3 Å². The molecule has 0 spiro atoms. The van der Waals surface area contributed by atoms with Crippen LogP contribution in [0, 0.1) is 6.92 Å². The average Bonchev–Trinajstić information content (AvgIpc) is 2.89. The zero-order chi connectivity index (χ0) is 27.9. The highest BCUT2D eigenvalue weighted by Crippen LogP contribution is 2.51. The summed E-state index contributed by atoms with van der Waals surface area (Å²) in [5.41, 5.74) is 8.56. The van der Waals surface area contributed by atoms with Gasteiger partial charge in [-0.1, -0.05) is 52.0 Å². The molecule has 5 heteroatoms. The second-order valence-corrected chi connectivity index (χ2v) is 15.4. The summed E-state index contributed by atoms with van der Waals surface area (Å²) in [6.07, 6.45) is 2.17. The smallest absolute Gasteiger partial charge is 0.262 e. The van der Waals surface area contributed by atoms with Crippen molar-refractivity contribution in [2.45, 2.75) is 65.2 Å². The van der Waals surface area contributed by atoms with Gasteiger partial charge in [-0.05, 0) is 76.9 Å². The fourth-order valence-electron chi connectivity index (χ4n) is 6.90. The molecule has 0 bridgehead atoms. The summed E-state index contributed by atoms with van der Waals surface area (Å²) in [5, 5.41) is 3.93. The summed E-state index contributed by atoms with van der Waals surface area (Å²) in [5.74, 6) is 0. The molecule has 3 heterocycles. The molecule has 4 nitrogen and oxygen atoms in total. The molecule has 3 aliphatic rings. The lowest BCUT2D eigenvalue weighted by Crippen LogP contribution is -2.49. The molecule has 3 aromatic rings. The van der Waals surface area contributed by atoms with Gasteiger partial charge in [-0.15, -0.1) is 0 Å². The maximum atomic E-state index is 15.4. The molecule has 0 radical (unpaired) electrons. The predicted octanol–water partition coefficient (Wildman–Crippen LogP) is 4.74. The van der Waals surface area contributed by atoms with Crippen molar-refractivity contribution in [1.29, 1.82) is 0 Å². The van der Waals surface area contributed by atoms with Crippen molar-refractivity contribution in [3.05, 3.63) is 86.9 Å². The number of aryl methyl sites for hydroxylation is 1. The Morgan fingerprint density at radius 3 is 2.38 bits per heavy atom. The van der Waals surface area contributed by atoms with Crippen molar-refractivity contribution >= 4 is 29.2 Å². The van der Waals surface area contributed by atoms with Crippen molar-refractivity contribution in [3.8, 4) is 0 Å². The van der Waals surface area contributed by atoms with Gasteiger partial charge < -0.3 is 9.42 Å². The van der Waals surface area contributed by atoms with Crippen molar-refractivity contribution in [3.63, 3.8) is 0 Å². The molecular weight excluding hydrogens is 499 g/mol. The molecule has 3 aromatic carbocycles. The van der Waals surface area contributed by atoms with Crippen molar-refractivity contribution in [2.24, 2.45) is 0 Å². The van der Waals surface area contributed by atoms with E-state index < -0.39 is 7.37 Å². The molecule has 39 heavy (non-hydrogen) atoms. The molecule has 204 valence electrons. The van der Waals surface area contributed by atoms with Crippen molar-refractivity contribution < 1.29 is 9.09 Å². The van der Waals surface area contributed by atoms with Gasteiger partial charge in [0, 0.05) is 42.7 Å². The molecule has 6 rings (SSSR count). The Hall–Kier alpha value is -2.68. The van der Waals surface area contributed by atoms with E-state index in [4.69, 9.17) is 4.52 Å². The average molecular weight is 542 g/mol. The molecule has 0 fully saturated rings. The van der Waals surface area contributed by atoms with Crippen LogP contribution in [0.15, 0.2) is 48.5 Å². The standard InChI is InChI=1S/C34H42N2O2P/c1-9-38-39(37)30-20-28-26(33(3,4)14-16-35(28)7)18-24(30)32(23-13-11-10-12-22(23)2)25-19-27-29(21-31(25)39)36(8)17-15-34(27,5)6/h10-13,18-21H,9,14-17H2,1-8H3/q+1. The first-order valence-electron chi connectivity index (χ1n) is 14.4. The van der Waals surface area contributed by atoms with E-state index in [9.17, 15) is 0 Å². The van der Waals surface area contributed by atoms with Gasteiger partial charge in [-0.25, -0.2) is 4.58 Å². The molecule has 0 saturated heterocycles. The van der Waals surface area contributed by atoms with Gasteiger partial charge in [0.05, 0.1) is 17.2 Å². The third kappa shape index (κ3) is 3.90. The minimum Gasteiger partial charge on any atom is -0.374 e.